The second-order valence-corrected chi connectivity index (χ2v) is 5.88. The SMILES string of the molecule is CC[C@H](N)C(=O)NCc1cccc(NC(=O)Nc2cccc(C)c2)c1.Cl. The topological polar surface area (TPSA) is 96.2 Å². The van der Waals surface area contributed by atoms with Gasteiger partial charge in [-0.25, -0.2) is 4.79 Å². The van der Waals surface area contributed by atoms with Gasteiger partial charge in [-0.15, -0.1) is 12.4 Å². The first-order chi connectivity index (χ1) is 12.0. The molecule has 1 atom stereocenters. The van der Waals surface area contributed by atoms with Gasteiger partial charge < -0.3 is 21.7 Å². The molecule has 0 radical (unpaired) electrons. The van der Waals surface area contributed by atoms with Gasteiger partial charge in [0.1, 0.15) is 0 Å². The molecule has 0 aromatic heterocycles. The van der Waals surface area contributed by atoms with Crippen LogP contribution in [0.2, 0.25) is 0 Å². The van der Waals surface area contributed by atoms with Crippen molar-refractivity contribution in [3.8, 4) is 0 Å². The van der Waals surface area contributed by atoms with E-state index in [-0.39, 0.29) is 24.3 Å². The third-order valence-electron chi connectivity index (χ3n) is 3.70. The number of carbonyl (C=O) groups is 2. The van der Waals surface area contributed by atoms with Crippen LogP contribution in [0, 0.1) is 6.92 Å². The van der Waals surface area contributed by atoms with Crippen molar-refractivity contribution < 1.29 is 9.59 Å². The Bertz CT molecular complexity index is 752. The number of aryl methyl sites for hydroxylation is 1. The zero-order valence-corrected chi connectivity index (χ0v) is 15.7. The average Bonchev–Trinajstić information content (AvgIpc) is 2.59. The van der Waals surface area contributed by atoms with Crippen LogP contribution in [-0.2, 0) is 11.3 Å². The summed E-state index contributed by atoms with van der Waals surface area (Å²) < 4.78 is 0. The summed E-state index contributed by atoms with van der Waals surface area (Å²) >= 11 is 0. The smallest absolute Gasteiger partial charge is 0.323 e. The number of rotatable bonds is 6. The summed E-state index contributed by atoms with van der Waals surface area (Å²) in [6.07, 6.45) is 0.590. The molecule has 0 spiro atoms. The van der Waals surface area contributed by atoms with Gasteiger partial charge in [-0.05, 0) is 48.7 Å². The van der Waals surface area contributed by atoms with E-state index in [1.54, 1.807) is 6.07 Å². The summed E-state index contributed by atoms with van der Waals surface area (Å²) in [6.45, 7) is 4.19. The number of hydrogen-bond acceptors (Lipinski definition) is 3. The van der Waals surface area contributed by atoms with Crippen LogP contribution in [0.25, 0.3) is 0 Å². The summed E-state index contributed by atoms with van der Waals surface area (Å²) in [4.78, 5) is 23.8. The molecule has 5 N–H and O–H groups in total. The lowest BCUT2D eigenvalue weighted by Crippen LogP contribution is -2.39. The number of amides is 3. The monoisotopic (exact) mass is 376 g/mol. The molecule has 2 aromatic carbocycles. The third kappa shape index (κ3) is 6.74. The summed E-state index contributed by atoms with van der Waals surface area (Å²) in [5.41, 5.74) is 9.01. The van der Waals surface area contributed by atoms with Crippen molar-refractivity contribution in [2.45, 2.75) is 32.9 Å². The van der Waals surface area contributed by atoms with Crippen LogP contribution in [0.4, 0.5) is 16.2 Å². The molecule has 0 unspecified atom stereocenters. The first kappa shape index (κ1) is 21.5. The molecular formula is C19H25ClN4O2. The van der Waals surface area contributed by atoms with Gasteiger partial charge in [0.05, 0.1) is 6.04 Å². The number of anilines is 2. The van der Waals surface area contributed by atoms with Crippen LogP contribution in [0.5, 0.6) is 0 Å². The molecule has 0 heterocycles. The van der Waals surface area contributed by atoms with Crippen LogP contribution in [-0.4, -0.2) is 18.0 Å². The van der Waals surface area contributed by atoms with E-state index in [4.69, 9.17) is 5.73 Å². The molecule has 3 amide bonds. The highest BCUT2D eigenvalue weighted by atomic mass is 35.5. The second kappa shape index (κ2) is 10.4. The maximum atomic E-state index is 12.1. The lowest BCUT2D eigenvalue weighted by atomic mass is 10.2. The number of carbonyl (C=O) groups excluding carboxylic acids is 2. The van der Waals surface area contributed by atoms with Crippen LogP contribution in [0.15, 0.2) is 48.5 Å². The van der Waals surface area contributed by atoms with Crippen molar-refractivity contribution in [3.63, 3.8) is 0 Å². The number of nitrogens with two attached hydrogens (primary N) is 1. The number of nitrogens with one attached hydrogen (secondary N) is 3. The molecule has 2 aromatic rings. The van der Waals surface area contributed by atoms with Crippen molar-refractivity contribution in [3.05, 3.63) is 59.7 Å². The Labute approximate surface area is 160 Å². The van der Waals surface area contributed by atoms with E-state index in [1.165, 1.54) is 0 Å². The normalized spacial score (nSPS) is 11.0. The minimum absolute atomic E-state index is 0. The van der Waals surface area contributed by atoms with E-state index in [0.29, 0.717) is 18.7 Å². The third-order valence-corrected chi connectivity index (χ3v) is 3.70. The summed E-state index contributed by atoms with van der Waals surface area (Å²) in [5, 5.41) is 8.36. The van der Waals surface area contributed by atoms with Crippen LogP contribution < -0.4 is 21.7 Å². The summed E-state index contributed by atoms with van der Waals surface area (Å²) in [6, 6.07) is 14.1. The number of halogens is 1. The minimum Gasteiger partial charge on any atom is -0.351 e. The van der Waals surface area contributed by atoms with Crippen LogP contribution in [0.3, 0.4) is 0 Å². The predicted octanol–water partition coefficient (Wildman–Crippen LogP) is 3.41. The van der Waals surface area contributed by atoms with E-state index in [0.717, 1.165) is 16.8 Å². The summed E-state index contributed by atoms with van der Waals surface area (Å²) in [7, 11) is 0. The molecule has 0 saturated heterocycles. The highest BCUT2D eigenvalue weighted by Gasteiger charge is 2.10. The van der Waals surface area contributed by atoms with Gasteiger partial charge in [0, 0.05) is 17.9 Å². The van der Waals surface area contributed by atoms with Crippen LogP contribution in [0.1, 0.15) is 24.5 Å². The van der Waals surface area contributed by atoms with Gasteiger partial charge in [-0.2, -0.15) is 0 Å². The molecule has 2 rings (SSSR count). The Hall–Kier alpha value is -2.57. The number of hydrogen-bond donors (Lipinski definition) is 4. The van der Waals surface area contributed by atoms with Crippen molar-refractivity contribution in [2.75, 3.05) is 10.6 Å². The second-order valence-electron chi connectivity index (χ2n) is 5.88. The van der Waals surface area contributed by atoms with E-state index < -0.39 is 6.04 Å². The minimum atomic E-state index is -0.499. The highest BCUT2D eigenvalue weighted by Crippen LogP contribution is 2.13. The quantitative estimate of drug-likeness (QED) is 0.622. The molecule has 0 aliphatic heterocycles. The Kier molecular flexibility index (Phi) is 8.61. The van der Waals surface area contributed by atoms with Gasteiger partial charge in [-0.3, -0.25) is 4.79 Å². The molecule has 6 nitrogen and oxygen atoms in total. The van der Waals surface area contributed by atoms with E-state index in [2.05, 4.69) is 16.0 Å². The Balaban J connectivity index is 0.00000338. The molecular weight excluding hydrogens is 352 g/mol. The van der Waals surface area contributed by atoms with Crippen LogP contribution >= 0.6 is 12.4 Å². The maximum Gasteiger partial charge on any atom is 0.323 e. The Morgan fingerprint density at radius 1 is 1.04 bits per heavy atom. The van der Waals surface area contributed by atoms with Gasteiger partial charge in [0.2, 0.25) is 5.91 Å². The highest BCUT2D eigenvalue weighted by molar-refractivity contribution is 5.99. The van der Waals surface area contributed by atoms with E-state index in [1.807, 2.05) is 56.3 Å². The predicted molar refractivity (Wildman–Crippen MR) is 108 cm³/mol. The van der Waals surface area contributed by atoms with Gasteiger partial charge >= 0.3 is 6.03 Å². The van der Waals surface area contributed by atoms with Crippen molar-refractivity contribution >= 4 is 35.7 Å². The largest absolute Gasteiger partial charge is 0.351 e. The molecule has 26 heavy (non-hydrogen) atoms. The fraction of sp³-hybridized carbons (Fsp3) is 0.263. The van der Waals surface area contributed by atoms with Crippen molar-refractivity contribution in [2.24, 2.45) is 5.73 Å². The first-order valence-corrected chi connectivity index (χ1v) is 8.25. The molecule has 7 heteroatoms. The molecule has 140 valence electrons. The number of benzene rings is 2. The zero-order valence-electron chi connectivity index (χ0n) is 14.9. The Morgan fingerprint density at radius 2 is 1.65 bits per heavy atom. The first-order valence-electron chi connectivity index (χ1n) is 8.25. The van der Waals surface area contributed by atoms with Crippen molar-refractivity contribution in [1.82, 2.24) is 5.32 Å². The molecule has 0 aliphatic carbocycles. The summed E-state index contributed by atoms with van der Waals surface area (Å²) in [5.74, 6) is -0.182. The van der Waals surface area contributed by atoms with Gasteiger partial charge in [-0.1, -0.05) is 31.2 Å². The molecule has 0 bridgehead atoms. The molecule has 0 saturated carbocycles. The lowest BCUT2D eigenvalue weighted by Gasteiger charge is -2.12. The average molecular weight is 377 g/mol. The maximum absolute atomic E-state index is 12.1. The van der Waals surface area contributed by atoms with Gasteiger partial charge in [0.15, 0.2) is 0 Å². The van der Waals surface area contributed by atoms with E-state index in [9.17, 15) is 9.59 Å². The van der Waals surface area contributed by atoms with E-state index >= 15 is 0 Å². The Morgan fingerprint density at radius 3 is 2.27 bits per heavy atom. The zero-order chi connectivity index (χ0) is 18.2. The van der Waals surface area contributed by atoms with Gasteiger partial charge in [0.25, 0.3) is 0 Å². The molecule has 0 fully saturated rings. The lowest BCUT2D eigenvalue weighted by molar-refractivity contribution is -0.122. The standard InChI is InChI=1S/C19H24N4O2.ClH/c1-3-17(20)18(24)21-12-14-7-5-9-16(11-14)23-19(25)22-15-8-4-6-13(2)10-15;/h4-11,17H,3,12,20H2,1-2H3,(H,21,24)(H2,22,23,25);1H/t17-;/m0./s1. The molecule has 0 aliphatic rings. The van der Waals surface area contributed by atoms with Crippen molar-refractivity contribution in [1.29, 1.82) is 0 Å². The fourth-order valence-electron chi connectivity index (χ4n) is 2.28. The fourth-order valence-corrected chi connectivity index (χ4v) is 2.28. The number of urea groups is 1.